The van der Waals surface area contributed by atoms with Crippen LogP contribution in [0, 0.1) is 0 Å². The lowest BCUT2D eigenvalue weighted by Crippen LogP contribution is -2.23. The van der Waals surface area contributed by atoms with Crippen LogP contribution in [0.3, 0.4) is 0 Å². The van der Waals surface area contributed by atoms with E-state index < -0.39 is 5.60 Å². The van der Waals surface area contributed by atoms with Crippen LogP contribution in [0.5, 0.6) is 0 Å². The minimum absolute atomic E-state index is 0.179. The first-order valence-electron chi connectivity index (χ1n) is 5.31. The summed E-state index contributed by atoms with van der Waals surface area (Å²) in [6.45, 7) is 5.69. The molecular weight excluding hydrogens is 208 g/mol. The van der Waals surface area contributed by atoms with Gasteiger partial charge in [0.15, 0.2) is 0 Å². The highest BCUT2D eigenvalue weighted by Gasteiger charge is 2.22. The molecule has 3 heteroatoms. The number of hydrogen-bond acceptors (Lipinski definition) is 3. The number of carbonyl (C=O) groups excluding carboxylic acids is 1. The van der Waals surface area contributed by atoms with Crippen LogP contribution in [0.25, 0.3) is 0 Å². The molecule has 1 heterocycles. The second-order valence-corrected chi connectivity index (χ2v) is 6.05. The lowest BCUT2D eigenvalue weighted by atomic mass is 10.2. The summed E-state index contributed by atoms with van der Waals surface area (Å²) in [6.07, 6.45) is 3.48. The van der Waals surface area contributed by atoms with Gasteiger partial charge in [0, 0.05) is 4.88 Å². The van der Waals surface area contributed by atoms with Crippen LogP contribution in [0.1, 0.15) is 47.3 Å². The third kappa shape index (κ3) is 2.40. The van der Waals surface area contributed by atoms with Crippen LogP contribution in [-0.2, 0) is 17.6 Å². The average molecular weight is 224 g/mol. The smallest absolute Gasteiger partial charge is 0.348 e. The number of hydrogen-bond donors (Lipinski definition) is 0. The quantitative estimate of drug-likeness (QED) is 0.685. The molecule has 2 rings (SSSR count). The molecule has 0 aliphatic heterocycles. The first kappa shape index (κ1) is 10.7. The molecule has 0 bridgehead atoms. The molecule has 1 aliphatic carbocycles. The number of ether oxygens (including phenoxy) is 1. The summed E-state index contributed by atoms with van der Waals surface area (Å²) in [7, 11) is 0. The zero-order valence-corrected chi connectivity index (χ0v) is 10.2. The zero-order valence-electron chi connectivity index (χ0n) is 9.42. The Bertz CT molecular complexity index is 363. The molecule has 2 nitrogen and oxygen atoms in total. The predicted octanol–water partition coefficient (Wildman–Crippen LogP) is 3.19. The van der Waals surface area contributed by atoms with E-state index in [4.69, 9.17) is 4.74 Å². The molecule has 0 atom stereocenters. The molecule has 0 amide bonds. The summed E-state index contributed by atoms with van der Waals surface area (Å²) in [5.41, 5.74) is 0.951. The van der Waals surface area contributed by atoms with E-state index in [2.05, 4.69) is 0 Å². The fourth-order valence-corrected chi connectivity index (χ4v) is 2.89. The van der Waals surface area contributed by atoms with Crippen molar-refractivity contribution in [2.45, 2.75) is 45.6 Å². The second kappa shape index (κ2) is 3.63. The first-order valence-corrected chi connectivity index (χ1v) is 6.12. The van der Waals surface area contributed by atoms with Crippen molar-refractivity contribution in [1.29, 1.82) is 0 Å². The van der Waals surface area contributed by atoms with Crippen LogP contribution >= 0.6 is 11.3 Å². The molecule has 0 saturated heterocycles. The van der Waals surface area contributed by atoms with E-state index in [1.165, 1.54) is 16.9 Å². The van der Waals surface area contributed by atoms with Crippen LogP contribution < -0.4 is 0 Å². The molecule has 0 spiro atoms. The molecule has 0 N–H and O–H groups in total. The largest absolute Gasteiger partial charge is 0.456 e. The summed E-state index contributed by atoms with van der Waals surface area (Å²) in [5, 5.41) is 0. The highest BCUT2D eigenvalue weighted by Crippen LogP contribution is 2.31. The Morgan fingerprint density at radius 2 is 2.13 bits per heavy atom. The molecule has 0 aromatic carbocycles. The Kier molecular flexibility index (Phi) is 2.59. The third-order valence-corrected chi connectivity index (χ3v) is 3.56. The maximum absolute atomic E-state index is 11.8. The molecule has 82 valence electrons. The summed E-state index contributed by atoms with van der Waals surface area (Å²) in [6, 6.07) is 2.00. The van der Waals surface area contributed by atoms with Crippen molar-refractivity contribution in [3.8, 4) is 0 Å². The number of esters is 1. The van der Waals surface area contributed by atoms with E-state index in [0.29, 0.717) is 0 Å². The van der Waals surface area contributed by atoms with Gasteiger partial charge in [-0.15, -0.1) is 11.3 Å². The summed E-state index contributed by atoms with van der Waals surface area (Å²) in [5.74, 6) is -0.179. The van der Waals surface area contributed by atoms with Gasteiger partial charge in [0.1, 0.15) is 10.5 Å². The van der Waals surface area contributed by atoms with E-state index in [-0.39, 0.29) is 5.97 Å². The maximum Gasteiger partial charge on any atom is 0.348 e. The van der Waals surface area contributed by atoms with Crippen molar-refractivity contribution >= 4 is 17.3 Å². The van der Waals surface area contributed by atoms with E-state index >= 15 is 0 Å². The van der Waals surface area contributed by atoms with E-state index in [0.717, 1.165) is 17.7 Å². The third-order valence-electron chi connectivity index (χ3n) is 2.35. The van der Waals surface area contributed by atoms with E-state index in [1.807, 2.05) is 26.8 Å². The Morgan fingerprint density at radius 1 is 1.40 bits per heavy atom. The Balaban J connectivity index is 2.13. The number of aryl methyl sites for hydroxylation is 2. The molecule has 0 fully saturated rings. The number of rotatable bonds is 1. The van der Waals surface area contributed by atoms with Gasteiger partial charge in [0.25, 0.3) is 0 Å². The Hall–Kier alpha value is -0.830. The van der Waals surface area contributed by atoms with Crippen molar-refractivity contribution in [3.63, 3.8) is 0 Å². The average Bonchev–Trinajstić information content (AvgIpc) is 2.56. The summed E-state index contributed by atoms with van der Waals surface area (Å²) in [4.78, 5) is 13.9. The van der Waals surface area contributed by atoms with Gasteiger partial charge < -0.3 is 4.74 Å². The lowest BCUT2D eigenvalue weighted by molar-refractivity contribution is 0.00751. The van der Waals surface area contributed by atoms with E-state index in [1.54, 1.807) is 11.3 Å². The fourth-order valence-electron chi connectivity index (χ4n) is 1.76. The summed E-state index contributed by atoms with van der Waals surface area (Å²) >= 11 is 1.60. The standard InChI is InChI=1S/C12H16O2S/c1-12(2,3)14-11(13)10-7-8-5-4-6-9(8)15-10/h7H,4-6H2,1-3H3. The summed E-state index contributed by atoms with van der Waals surface area (Å²) < 4.78 is 5.33. The normalized spacial score (nSPS) is 15.1. The highest BCUT2D eigenvalue weighted by molar-refractivity contribution is 7.14. The van der Waals surface area contributed by atoms with Crippen LogP contribution in [-0.4, -0.2) is 11.6 Å². The van der Waals surface area contributed by atoms with Gasteiger partial charge in [-0.25, -0.2) is 4.79 Å². The molecule has 1 aliphatic rings. The van der Waals surface area contributed by atoms with Gasteiger partial charge >= 0.3 is 5.97 Å². The predicted molar refractivity (Wildman–Crippen MR) is 61.5 cm³/mol. The van der Waals surface area contributed by atoms with Gasteiger partial charge in [-0.1, -0.05) is 0 Å². The monoisotopic (exact) mass is 224 g/mol. The molecular formula is C12H16O2S. The Morgan fingerprint density at radius 3 is 2.73 bits per heavy atom. The minimum atomic E-state index is -0.397. The molecule has 1 aromatic rings. The molecule has 0 radical (unpaired) electrons. The van der Waals surface area contributed by atoms with Gasteiger partial charge in [-0.3, -0.25) is 0 Å². The van der Waals surface area contributed by atoms with Crippen LogP contribution in [0.2, 0.25) is 0 Å². The molecule has 0 unspecified atom stereocenters. The Labute approximate surface area is 94.3 Å². The van der Waals surface area contributed by atoms with Crippen molar-refractivity contribution in [3.05, 3.63) is 21.4 Å². The second-order valence-electron chi connectivity index (χ2n) is 4.91. The van der Waals surface area contributed by atoms with Crippen molar-refractivity contribution in [1.82, 2.24) is 0 Å². The molecule has 15 heavy (non-hydrogen) atoms. The number of carbonyl (C=O) groups is 1. The van der Waals surface area contributed by atoms with E-state index in [9.17, 15) is 4.79 Å². The first-order chi connectivity index (χ1) is 6.96. The van der Waals surface area contributed by atoms with Crippen molar-refractivity contribution < 1.29 is 9.53 Å². The fraction of sp³-hybridized carbons (Fsp3) is 0.583. The highest BCUT2D eigenvalue weighted by atomic mass is 32.1. The zero-order chi connectivity index (χ0) is 11.1. The van der Waals surface area contributed by atoms with Crippen LogP contribution in [0.4, 0.5) is 0 Å². The topological polar surface area (TPSA) is 26.3 Å². The lowest BCUT2D eigenvalue weighted by Gasteiger charge is -2.18. The van der Waals surface area contributed by atoms with Gasteiger partial charge in [-0.05, 0) is 51.7 Å². The van der Waals surface area contributed by atoms with Crippen molar-refractivity contribution in [2.24, 2.45) is 0 Å². The van der Waals surface area contributed by atoms with Gasteiger partial charge in [0.05, 0.1) is 0 Å². The number of thiophene rings is 1. The molecule has 1 aromatic heterocycles. The SMILES string of the molecule is CC(C)(C)OC(=O)c1cc2c(s1)CCC2. The van der Waals surface area contributed by atoms with Crippen molar-refractivity contribution in [2.75, 3.05) is 0 Å². The number of fused-ring (bicyclic) bond motifs is 1. The van der Waals surface area contributed by atoms with Gasteiger partial charge in [-0.2, -0.15) is 0 Å². The van der Waals surface area contributed by atoms with Crippen LogP contribution in [0.15, 0.2) is 6.07 Å². The maximum atomic E-state index is 11.8. The van der Waals surface area contributed by atoms with Gasteiger partial charge in [0.2, 0.25) is 0 Å². The molecule has 0 saturated carbocycles. The minimum Gasteiger partial charge on any atom is -0.456 e.